The van der Waals surface area contributed by atoms with Gasteiger partial charge in [0.25, 0.3) is 15.0 Å². The van der Waals surface area contributed by atoms with E-state index < -0.39 is 9.05 Å². The number of aromatic amines is 1. The van der Waals surface area contributed by atoms with Gasteiger partial charge < -0.3 is 5.32 Å². The maximum Gasteiger partial charge on any atom is 0.273 e. The molecule has 0 bridgehead atoms. The van der Waals surface area contributed by atoms with E-state index >= 15 is 0 Å². The van der Waals surface area contributed by atoms with Gasteiger partial charge in [0, 0.05) is 10.7 Å². The highest BCUT2D eigenvalue weighted by molar-refractivity contribution is 8.13. The van der Waals surface area contributed by atoms with Crippen LogP contribution >= 0.6 is 10.7 Å². The normalized spacial score (nSPS) is 12.9. The quantitative estimate of drug-likeness (QED) is 0.826. The van der Waals surface area contributed by atoms with Crippen LogP contribution in [0.15, 0.2) is 35.4 Å². The third-order valence-corrected chi connectivity index (χ3v) is 4.03. The lowest BCUT2D eigenvalue weighted by molar-refractivity contribution is 0.0934. The minimum absolute atomic E-state index is 0.0120. The molecule has 7 nitrogen and oxygen atoms in total. The van der Waals surface area contributed by atoms with E-state index in [1.54, 1.807) is 19.1 Å². The van der Waals surface area contributed by atoms with Gasteiger partial charge in [0.1, 0.15) is 0 Å². The van der Waals surface area contributed by atoms with Gasteiger partial charge in [0.2, 0.25) is 0 Å². The average molecular weight is 315 g/mol. The van der Waals surface area contributed by atoms with Gasteiger partial charge in [0.05, 0.1) is 17.1 Å². The molecule has 0 saturated heterocycles. The van der Waals surface area contributed by atoms with Crippen LogP contribution in [0, 0.1) is 0 Å². The van der Waals surface area contributed by atoms with Crippen molar-refractivity contribution in [2.24, 2.45) is 0 Å². The van der Waals surface area contributed by atoms with Crippen molar-refractivity contribution in [1.29, 1.82) is 0 Å². The zero-order valence-corrected chi connectivity index (χ0v) is 11.9. The topological polar surface area (TPSA) is 105 Å². The highest BCUT2D eigenvalue weighted by atomic mass is 35.7. The Labute approximate surface area is 119 Å². The van der Waals surface area contributed by atoms with Crippen molar-refractivity contribution in [3.05, 3.63) is 41.7 Å². The van der Waals surface area contributed by atoms with Gasteiger partial charge in [-0.1, -0.05) is 12.1 Å². The largest absolute Gasteiger partial charge is 0.344 e. The standard InChI is InChI=1S/C11H11ClN4O3S/c1-7(14-11(17)10-6-13-16-15-10)8-2-4-9(5-3-8)20(12,18)19/h2-7H,1H3,(H,14,17)(H,13,15,16). The molecule has 1 heterocycles. The number of amides is 1. The van der Waals surface area contributed by atoms with Crippen LogP contribution in [0.3, 0.4) is 0 Å². The summed E-state index contributed by atoms with van der Waals surface area (Å²) in [6.07, 6.45) is 1.31. The van der Waals surface area contributed by atoms with Crippen molar-refractivity contribution in [3.8, 4) is 0 Å². The maximum absolute atomic E-state index is 11.8. The molecule has 9 heteroatoms. The van der Waals surface area contributed by atoms with E-state index in [-0.39, 0.29) is 22.5 Å². The summed E-state index contributed by atoms with van der Waals surface area (Å²) in [5.41, 5.74) is 0.919. The third-order valence-electron chi connectivity index (χ3n) is 2.66. The first-order chi connectivity index (χ1) is 9.38. The summed E-state index contributed by atoms with van der Waals surface area (Å²) in [5, 5.41) is 12.3. The highest BCUT2D eigenvalue weighted by Crippen LogP contribution is 2.19. The summed E-state index contributed by atoms with van der Waals surface area (Å²) < 4.78 is 22.2. The molecule has 0 radical (unpaired) electrons. The first kappa shape index (κ1) is 14.5. The number of aromatic nitrogens is 3. The number of hydrogen-bond acceptors (Lipinski definition) is 5. The molecular formula is C11H11ClN4O3S. The molecule has 2 rings (SSSR count). The molecule has 2 aromatic rings. The van der Waals surface area contributed by atoms with Crippen LogP contribution < -0.4 is 5.32 Å². The van der Waals surface area contributed by atoms with Gasteiger partial charge in [0.15, 0.2) is 5.69 Å². The summed E-state index contributed by atoms with van der Waals surface area (Å²) in [4.78, 5) is 11.8. The molecule has 0 fully saturated rings. The summed E-state index contributed by atoms with van der Waals surface area (Å²) in [6, 6.07) is 5.63. The summed E-state index contributed by atoms with van der Waals surface area (Å²) in [6.45, 7) is 1.77. The molecule has 20 heavy (non-hydrogen) atoms. The Morgan fingerprint density at radius 1 is 1.35 bits per heavy atom. The van der Waals surface area contributed by atoms with Crippen LogP contribution in [-0.4, -0.2) is 29.7 Å². The molecule has 0 aliphatic carbocycles. The molecule has 0 spiro atoms. The third kappa shape index (κ3) is 3.34. The fraction of sp³-hybridized carbons (Fsp3) is 0.182. The van der Waals surface area contributed by atoms with Crippen molar-refractivity contribution in [2.45, 2.75) is 17.9 Å². The molecule has 0 aliphatic rings. The molecule has 0 saturated carbocycles. The molecule has 0 aliphatic heterocycles. The number of nitrogens with zero attached hydrogens (tertiary/aromatic N) is 2. The molecule has 1 amide bonds. The summed E-state index contributed by atoms with van der Waals surface area (Å²) in [5.74, 6) is -0.375. The number of benzene rings is 1. The zero-order valence-electron chi connectivity index (χ0n) is 10.4. The fourth-order valence-electron chi connectivity index (χ4n) is 1.58. The van der Waals surface area contributed by atoms with Gasteiger partial charge >= 0.3 is 0 Å². The first-order valence-corrected chi connectivity index (χ1v) is 7.90. The second-order valence-corrected chi connectivity index (χ2v) is 6.62. The predicted molar refractivity (Wildman–Crippen MR) is 71.7 cm³/mol. The Hall–Kier alpha value is -1.93. The highest BCUT2D eigenvalue weighted by Gasteiger charge is 2.15. The number of hydrogen-bond donors (Lipinski definition) is 2. The number of carbonyl (C=O) groups excluding carboxylic acids is 1. The van der Waals surface area contributed by atoms with Crippen molar-refractivity contribution >= 4 is 25.6 Å². The van der Waals surface area contributed by atoms with Crippen LogP contribution in [0.4, 0.5) is 0 Å². The van der Waals surface area contributed by atoms with E-state index in [2.05, 4.69) is 20.7 Å². The van der Waals surface area contributed by atoms with E-state index in [1.807, 2.05) is 0 Å². The number of carbonyl (C=O) groups is 1. The summed E-state index contributed by atoms with van der Waals surface area (Å²) >= 11 is 0. The van der Waals surface area contributed by atoms with Gasteiger partial charge in [-0.2, -0.15) is 15.4 Å². The van der Waals surface area contributed by atoms with Crippen molar-refractivity contribution in [2.75, 3.05) is 0 Å². The SMILES string of the molecule is CC(NC(=O)c1cn[nH]n1)c1ccc(S(=O)(=O)Cl)cc1. The lowest BCUT2D eigenvalue weighted by Crippen LogP contribution is -2.26. The molecule has 2 N–H and O–H groups in total. The van der Waals surface area contributed by atoms with Gasteiger partial charge in [-0.05, 0) is 24.6 Å². The fourth-order valence-corrected chi connectivity index (χ4v) is 2.35. The number of halogens is 1. The van der Waals surface area contributed by atoms with E-state index in [0.29, 0.717) is 0 Å². The maximum atomic E-state index is 11.8. The molecule has 106 valence electrons. The smallest absolute Gasteiger partial charge is 0.273 e. The Bertz CT molecular complexity index is 698. The number of H-pyrrole nitrogens is 1. The van der Waals surface area contributed by atoms with Crippen molar-refractivity contribution in [3.63, 3.8) is 0 Å². The second-order valence-electron chi connectivity index (χ2n) is 4.06. The van der Waals surface area contributed by atoms with Crippen LogP contribution in [-0.2, 0) is 9.05 Å². The molecule has 1 aromatic carbocycles. The minimum Gasteiger partial charge on any atom is -0.344 e. The molecule has 1 unspecified atom stereocenters. The van der Waals surface area contributed by atoms with Crippen LogP contribution in [0.2, 0.25) is 0 Å². The molecular weight excluding hydrogens is 304 g/mol. The van der Waals surface area contributed by atoms with Crippen LogP contribution in [0.25, 0.3) is 0 Å². The Balaban J connectivity index is 2.10. The van der Waals surface area contributed by atoms with Crippen molar-refractivity contribution < 1.29 is 13.2 Å². The number of nitrogens with one attached hydrogen (secondary N) is 2. The lowest BCUT2D eigenvalue weighted by atomic mass is 10.1. The second kappa shape index (κ2) is 5.59. The van der Waals surface area contributed by atoms with E-state index in [9.17, 15) is 13.2 Å². The molecule has 1 aromatic heterocycles. The first-order valence-electron chi connectivity index (χ1n) is 5.59. The minimum atomic E-state index is -3.74. The van der Waals surface area contributed by atoms with Crippen molar-refractivity contribution in [1.82, 2.24) is 20.7 Å². The van der Waals surface area contributed by atoms with E-state index in [0.717, 1.165) is 5.56 Å². The Kier molecular flexibility index (Phi) is 4.05. The van der Waals surface area contributed by atoms with E-state index in [4.69, 9.17) is 10.7 Å². The zero-order chi connectivity index (χ0) is 14.8. The van der Waals surface area contributed by atoms with E-state index in [1.165, 1.54) is 18.3 Å². The Morgan fingerprint density at radius 3 is 2.50 bits per heavy atom. The molecule has 1 atom stereocenters. The Morgan fingerprint density at radius 2 is 2.00 bits per heavy atom. The monoisotopic (exact) mass is 314 g/mol. The average Bonchev–Trinajstić information content (AvgIpc) is 2.91. The summed E-state index contributed by atoms with van der Waals surface area (Å²) in [7, 11) is 1.48. The van der Waals surface area contributed by atoms with Gasteiger partial charge in [-0.25, -0.2) is 8.42 Å². The van der Waals surface area contributed by atoms with Gasteiger partial charge in [-0.15, -0.1) is 0 Å². The van der Waals surface area contributed by atoms with Crippen LogP contribution in [0.1, 0.15) is 29.0 Å². The number of rotatable bonds is 4. The lowest BCUT2D eigenvalue weighted by Gasteiger charge is -2.13. The van der Waals surface area contributed by atoms with Gasteiger partial charge in [-0.3, -0.25) is 4.79 Å². The van der Waals surface area contributed by atoms with Crippen LogP contribution in [0.5, 0.6) is 0 Å². The predicted octanol–water partition coefficient (Wildman–Crippen LogP) is 1.22.